The lowest BCUT2D eigenvalue weighted by atomic mass is 9.90. The monoisotopic (exact) mass is 452 g/mol. The number of furan rings is 1. The Morgan fingerprint density at radius 1 is 1.24 bits per heavy atom. The Labute approximate surface area is 192 Å². The van der Waals surface area contributed by atoms with Gasteiger partial charge < -0.3 is 24.6 Å². The summed E-state index contributed by atoms with van der Waals surface area (Å²) in [4.78, 5) is 19.3. The van der Waals surface area contributed by atoms with Gasteiger partial charge in [0.25, 0.3) is 0 Å². The van der Waals surface area contributed by atoms with Crippen molar-refractivity contribution < 1.29 is 32.1 Å². The minimum Gasteiger partial charge on any atom is -0.508 e. The highest BCUT2D eigenvalue weighted by molar-refractivity contribution is 5.87. The van der Waals surface area contributed by atoms with Gasteiger partial charge in [0.1, 0.15) is 28.6 Å². The van der Waals surface area contributed by atoms with Crippen LogP contribution >= 0.6 is 0 Å². The van der Waals surface area contributed by atoms with Crippen LogP contribution in [0.5, 0.6) is 23.0 Å². The van der Waals surface area contributed by atoms with Crippen LogP contribution in [0.1, 0.15) is 46.5 Å². The van der Waals surface area contributed by atoms with E-state index in [-0.39, 0.29) is 44.8 Å². The van der Waals surface area contributed by atoms with Crippen LogP contribution in [0.4, 0.5) is 0 Å². The first kappa shape index (κ1) is 19.0. The van der Waals surface area contributed by atoms with Crippen LogP contribution in [-0.4, -0.2) is 39.1 Å². The molecule has 2 aliphatic heterocycles. The lowest BCUT2D eigenvalue weighted by Crippen LogP contribution is -2.35. The molecule has 1 aromatic heterocycles. The highest BCUT2D eigenvalue weighted by Crippen LogP contribution is 2.36. The van der Waals surface area contributed by atoms with Crippen molar-refractivity contribution >= 4 is 22.8 Å². The number of ketones is 1. The number of benzene rings is 2. The van der Waals surface area contributed by atoms with E-state index < -0.39 is 18.0 Å². The van der Waals surface area contributed by atoms with E-state index in [4.69, 9.17) is 12.0 Å². The summed E-state index contributed by atoms with van der Waals surface area (Å²) in [5.41, 5.74) is 0.678. The second kappa shape index (κ2) is 8.44. The molecule has 3 heterocycles. The molecule has 1 saturated heterocycles. The van der Waals surface area contributed by atoms with E-state index in [0.29, 0.717) is 43.7 Å². The molecule has 0 amide bonds. The Balaban J connectivity index is 1.55. The van der Waals surface area contributed by atoms with Crippen molar-refractivity contribution in [3.8, 4) is 23.0 Å². The van der Waals surface area contributed by atoms with Crippen molar-refractivity contribution in [1.82, 2.24) is 4.90 Å². The summed E-state index contributed by atoms with van der Waals surface area (Å²) in [5.74, 6) is -0.539. The summed E-state index contributed by atoms with van der Waals surface area (Å²) in [6, 6.07) is 5.77. The minimum atomic E-state index is -2.21. The molecule has 0 unspecified atom stereocenters. The Kier molecular flexibility index (Phi) is 4.86. The first-order valence-electron chi connectivity index (χ1n) is 12.1. The summed E-state index contributed by atoms with van der Waals surface area (Å²) >= 11 is 0. The number of phenols is 3. The lowest BCUT2D eigenvalue weighted by molar-refractivity contribution is -0.124. The van der Waals surface area contributed by atoms with Gasteiger partial charge in [0.2, 0.25) is 0 Å². The van der Waals surface area contributed by atoms with E-state index in [1.54, 1.807) is 12.1 Å². The molecule has 0 aliphatic carbocycles. The molecule has 3 aromatic rings. The molecule has 2 aromatic carbocycles. The fourth-order valence-corrected chi connectivity index (χ4v) is 4.41. The van der Waals surface area contributed by atoms with Crippen LogP contribution in [-0.2, 0) is 11.3 Å². The topological polar surface area (TPSA) is 116 Å². The van der Waals surface area contributed by atoms with E-state index in [9.17, 15) is 20.1 Å². The fourth-order valence-electron chi connectivity index (χ4n) is 4.41. The summed E-state index contributed by atoms with van der Waals surface area (Å²) in [6.45, 7) is 0.373. The summed E-state index contributed by atoms with van der Waals surface area (Å²) in [7, 11) is 0. The number of hydrogen-bond acceptors (Lipinski definition) is 8. The number of fused-ring (bicyclic) bond motifs is 4. The van der Waals surface area contributed by atoms with Crippen LogP contribution in [0.15, 0.2) is 33.8 Å². The van der Waals surface area contributed by atoms with Gasteiger partial charge in [-0.3, -0.25) is 9.69 Å². The van der Waals surface area contributed by atoms with E-state index in [0.717, 1.165) is 6.42 Å². The number of carbonyl (C=O) groups excluding carboxylic acids is 1. The average Bonchev–Trinajstić information content (AvgIpc) is 3.06. The van der Waals surface area contributed by atoms with E-state index >= 15 is 0 Å². The van der Waals surface area contributed by atoms with E-state index in [1.807, 2.05) is 6.92 Å². The number of carbonyl (C=O) groups is 1. The van der Waals surface area contributed by atoms with Crippen molar-refractivity contribution in [3.05, 3.63) is 46.2 Å². The van der Waals surface area contributed by atoms with Crippen LogP contribution < -0.4 is 15.6 Å². The third-order valence-corrected chi connectivity index (χ3v) is 6.17. The minimum absolute atomic E-state index is 0.000792. The smallest absolute Gasteiger partial charge is 0.169 e. The molecule has 0 radical (unpaired) electrons. The first-order chi connectivity index (χ1) is 16.7. The molecule has 172 valence electrons. The molecule has 2 aliphatic rings. The Bertz CT molecular complexity index is 1440. The predicted octanol–water partition coefficient (Wildman–Crippen LogP) is 2.89. The number of likely N-dealkylation sites (tertiary alicyclic amines) is 1. The number of aromatic hydroxyl groups is 3. The van der Waals surface area contributed by atoms with Crippen molar-refractivity contribution in [1.29, 1.82) is 0 Å². The molecule has 0 atom stereocenters. The number of rotatable bonds is 5. The normalized spacial score (nSPS) is 17.6. The number of nitrogens with zero attached hydrogens (tertiary/aromatic N) is 2. The zero-order valence-corrected chi connectivity index (χ0v) is 18.2. The van der Waals surface area contributed by atoms with Crippen molar-refractivity contribution in [2.45, 2.75) is 39.1 Å². The fraction of sp³-hybridized carbons (Fsp3) is 0.360. The highest BCUT2D eigenvalue weighted by atomic mass is 16.6. The Morgan fingerprint density at radius 3 is 2.79 bits per heavy atom. The number of phenolic OH excluding ortho intramolecular Hbond substituents is 3. The van der Waals surface area contributed by atoms with Gasteiger partial charge in [-0.2, -0.15) is 0 Å². The molecular weight excluding hydrogens is 424 g/mol. The van der Waals surface area contributed by atoms with Crippen LogP contribution in [0.25, 0.3) is 17.0 Å². The average molecular weight is 453 g/mol. The van der Waals surface area contributed by atoms with E-state index in [2.05, 4.69) is 5.16 Å². The maximum atomic E-state index is 12.3. The van der Waals surface area contributed by atoms with Gasteiger partial charge >= 0.3 is 0 Å². The summed E-state index contributed by atoms with van der Waals surface area (Å²) < 4.78 is 23.4. The molecule has 8 heteroatoms. The molecule has 33 heavy (non-hydrogen) atoms. The standard InChI is InChI=1S/C25H26N2O6/c1-2-3-18(29)14-6-8-27(9-7-14)13-17-19(30)12-21-23(25(17)31)24-22(32-21)10-15-4-5-16(28)11-20(15)33-26-24/h4-5,10-12,14,28,30-31H,2-3,6-9,13H2,1H3/i13D2. The van der Waals surface area contributed by atoms with Gasteiger partial charge in [-0.05, 0) is 50.6 Å². The van der Waals surface area contributed by atoms with Crippen molar-refractivity contribution in [3.63, 3.8) is 0 Å². The molecule has 1 fully saturated rings. The van der Waals surface area contributed by atoms with Gasteiger partial charge in [-0.25, -0.2) is 0 Å². The zero-order chi connectivity index (χ0) is 24.9. The van der Waals surface area contributed by atoms with Crippen LogP contribution in [0, 0.1) is 5.92 Å². The Morgan fingerprint density at radius 2 is 2.03 bits per heavy atom. The van der Waals surface area contributed by atoms with Gasteiger partial charge in [0.15, 0.2) is 16.5 Å². The number of Topliss-reactive ketones (excluding diaryl/α,β-unsaturated/α-hetero) is 1. The maximum absolute atomic E-state index is 12.3. The maximum Gasteiger partial charge on any atom is 0.169 e. The van der Waals surface area contributed by atoms with Crippen molar-refractivity contribution in [2.24, 2.45) is 11.1 Å². The molecule has 0 saturated carbocycles. The van der Waals surface area contributed by atoms with Crippen LogP contribution in [0.2, 0.25) is 0 Å². The SMILES string of the molecule is [2H]C([2H])(c1c(O)cc2oc3c(c2c1O)=NOc1cc(O)ccc1C=3)N1CCC(C(=O)CCC)CC1. The molecule has 0 spiro atoms. The van der Waals surface area contributed by atoms with Crippen molar-refractivity contribution in [2.75, 3.05) is 13.1 Å². The van der Waals surface area contributed by atoms with Gasteiger partial charge in [0.05, 0.1) is 10.9 Å². The van der Waals surface area contributed by atoms with Gasteiger partial charge in [0, 0.05) is 39.3 Å². The number of hydrogen-bond donors (Lipinski definition) is 3. The molecule has 3 N–H and O–H groups in total. The van der Waals surface area contributed by atoms with Crippen LogP contribution in [0.3, 0.4) is 0 Å². The third kappa shape index (κ3) is 3.91. The Hall–Kier alpha value is -3.52. The van der Waals surface area contributed by atoms with E-state index in [1.165, 1.54) is 23.1 Å². The largest absolute Gasteiger partial charge is 0.508 e. The molecule has 5 rings (SSSR count). The van der Waals surface area contributed by atoms with Gasteiger partial charge in [-0.15, -0.1) is 0 Å². The zero-order valence-electron chi connectivity index (χ0n) is 20.2. The molecular formula is C25H26N2O6. The first-order valence-corrected chi connectivity index (χ1v) is 11.1. The quantitative estimate of drug-likeness (QED) is 0.545. The van der Waals surface area contributed by atoms with Gasteiger partial charge in [-0.1, -0.05) is 12.1 Å². The number of piperidine rings is 1. The summed E-state index contributed by atoms with van der Waals surface area (Å²) in [6.07, 6.45) is 3.98. The molecule has 0 bridgehead atoms. The predicted molar refractivity (Wildman–Crippen MR) is 121 cm³/mol. The second-order valence-corrected chi connectivity index (χ2v) is 8.45. The third-order valence-electron chi connectivity index (χ3n) is 6.17. The highest BCUT2D eigenvalue weighted by Gasteiger charge is 2.27. The lowest BCUT2D eigenvalue weighted by Gasteiger charge is -2.31. The second-order valence-electron chi connectivity index (χ2n) is 8.45. The summed E-state index contributed by atoms with van der Waals surface area (Å²) in [5, 5.41) is 36.0. The molecule has 8 nitrogen and oxygen atoms in total.